The van der Waals surface area contributed by atoms with Gasteiger partial charge in [0.1, 0.15) is 0 Å². The van der Waals surface area contributed by atoms with E-state index in [1.165, 1.54) is 0 Å². The van der Waals surface area contributed by atoms with Gasteiger partial charge < -0.3 is 10.00 Å². The van der Waals surface area contributed by atoms with E-state index in [1.54, 1.807) is 0 Å². The minimum atomic E-state index is -4.05. The maximum Gasteiger partial charge on any atom is 0.355 e. The van der Waals surface area contributed by atoms with E-state index in [-0.39, 0.29) is 0 Å². The number of carbonyl (C=O) groups is 1. The van der Waals surface area contributed by atoms with Crippen molar-refractivity contribution in [1.82, 2.24) is 0 Å². The molecule has 0 radical (unpaired) electrons. The van der Waals surface area contributed by atoms with Gasteiger partial charge in [-0.3, -0.25) is 9.36 Å². The van der Waals surface area contributed by atoms with E-state index in [0.29, 0.717) is 0 Å². The first kappa shape index (κ1) is 9.58. The van der Waals surface area contributed by atoms with Gasteiger partial charge in [0.25, 0.3) is 0 Å². The summed E-state index contributed by atoms with van der Waals surface area (Å²) in [5, 5.41) is 15.7. The normalized spacial score (nSPS) is 16.2. The fourth-order valence-electron chi connectivity index (χ4n) is 0.278. The van der Waals surface area contributed by atoms with Crippen LogP contribution in [0.2, 0.25) is 0 Å². The molecule has 1 atom stereocenters. The summed E-state index contributed by atoms with van der Waals surface area (Å²) >= 11 is 0. The van der Waals surface area contributed by atoms with Crippen LogP contribution < -0.4 is 0 Å². The Morgan fingerprint density at radius 2 is 2.10 bits per heavy atom. The number of carboxylic acid groups (broad SMARTS) is 1. The van der Waals surface area contributed by atoms with Crippen LogP contribution in [0.15, 0.2) is 0 Å². The van der Waals surface area contributed by atoms with Gasteiger partial charge in [0.05, 0.1) is 12.6 Å². The molecule has 0 spiro atoms. The zero-order chi connectivity index (χ0) is 8.20. The van der Waals surface area contributed by atoms with Crippen LogP contribution in [0.1, 0.15) is 6.42 Å². The van der Waals surface area contributed by atoms with Crippen LogP contribution in [0.5, 0.6) is 0 Å². The molecule has 0 saturated heterocycles. The van der Waals surface area contributed by atoms with Crippen molar-refractivity contribution in [1.29, 1.82) is 0 Å². The fourth-order valence-corrected chi connectivity index (χ4v) is 0.833. The molecule has 0 aromatic rings. The molecule has 7 heteroatoms. The topological polar surface area (TPSA) is 104 Å². The van der Waals surface area contributed by atoms with E-state index < -0.39 is 26.1 Å². The van der Waals surface area contributed by atoms with Gasteiger partial charge in [0, 0.05) is 0 Å². The molecule has 1 unspecified atom stereocenters. The second kappa shape index (κ2) is 3.68. The van der Waals surface area contributed by atoms with Crippen molar-refractivity contribution in [2.24, 2.45) is 0 Å². The monoisotopic (exact) mass is 170 g/mol. The van der Waals surface area contributed by atoms with E-state index in [4.69, 9.17) is 15.3 Å². The molecule has 0 aromatic carbocycles. The summed E-state index contributed by atoms with van der Waals surface area (Å²) in [5.41, 5.74) is 0. The molecule has 0 bridgehead atoms. The van der Waals surface area contributed by atoms with E-state index >= 15 is 0 Å². The van der Waals surface area contributed by atoms with E-state index in [9.17, 15) is 9.36 Å². The van der Waals surface area contributed by atoms with Gasteiger partial charge in [-0.15, -0.1) is 0 Å². The molecule has 3 N–H and O–H groups in total. The smallest absolute Gasteiger partial charge is 0.355 e. The SMILES string of the molecule is O=C(O)CCP(=O)(O)OO. The summed E-state index contributed by atoms with van der Waals surface area (Å²) in [6.07, 6.45) is -1.09. The highest BCUT2D eigenvalue weighted by molar-refractivity contribution is 7.52. The molecule has 60 valence electrons. The van der Waals surface area contributed by atoms with Crippen molar-refractivity contribution in [3.05, 3.63) is 0 Å². The van der Waals surface area contributed by atoms with Crippen LogP contribution in [0.25, 0.3) is 0 Å². The molecule has 0 aromatic heterocycles. The predicted octanol–water partition coefficient (Wildman–Crippen LogP) is 0.136. The Hall–Kier alpha value is -0.420. The molecule has 0 rings (SSSR count). The molecule has 0 aliphatic heterocycles. The second-order valence-electron chi connectivity index (χ2n) is 1.59. The lowest BCUT2D eigenvalue weighted by Crippen LogP contribution is -2.00. The molecule has 0 fully saturated rings. The van der Waals surface area contributed by atoms with Gasteiger partial charge in [-0.1, -0.05) is 0 Å². The number of aliphatic carboxylic acids is 1. The van der Waals surface area contributed by atoms with Crippen molar-refractivity contribution in [2.75, 3.05) is 6.16 Å². The maximum absolute atomic E-state index is 10.3. The molecule has 0 heterocycles. The Balaban J connectivity index is 3.68. The first-order valence-electron chi connectivity index (χ1n) is 2.35. The second-order valence-corrected chi connectivity index (χ2v) is 3.47. The summed E-state index contributed by atoms with van der Waals surface area (Å²) in [5.74, 6) is -1.22. The highest BCUT2D eigenvalue weighted by Gasteiger charge is 2.19. The van der Waals surface area contributed by atoms with Crippen molar-refractivity contribution in [2.45, 2.75) is 6.42 Å². The third kappa shape index (κ3) is 4.46. The van der Waals surface area contributed by atoms with Gasteiger partial charge >= 0.3 is 13.6 Å². The summed E-state index contributed by atoms with van der Waals surface area (Å²) in [6, 6.07) is 0. The number of hydrogen-bond acceptors (Lipinski definition) is 4. The van der Waals surface area contributed by atoms with Crippen LogP contribution in [0, 0.1) is 0 Å². The number of rotatable bonds is 4. The van der Waals surface area contributed by atoms with Crippen LogP contribution in [-0.2, 0) is 14.0 Å². The quantitative estimate of drug-likeness (QED) is 0.315. The lowest BCUT2D eigenvalue weighted by atomic mass is 10.5. The highest BCUT2D eigenvalue weighted by atomic mass is 31.2. The van der Waals surface area contributed by atoms with Crippen molar-refractivity contribution < 1.29 is 29.3 Å². The van der Waals surface area contributed by atoms with Crippen molar-refractivity contribution in [3.8, 4) is 0 Å². The van der Waals surface area contributed by atoms with Gasteiger partial charge in [-0.2, -0.15) is 4.67 Å². The van der Waals surface area contributed by atoms with Crippen LogP contribution in [-0.4, -0.2) is 27.4 Å². The Morgan fingerprint density at radius 3 is 2.40 bits per heavy atom. The van der Waals surface area contributed by atoms with Crippen molar-refractivity contribution >= 4 is 13.6 Å². The Morgan fingerprint density at radius 1 is 1.60 bits per heavy atom. The maximum atomic E-state index is 10.3. The van der Waals surface area contributed by atoms with E-state index in [2.05, 4.69) is 4.67 Å². The van der Waals surface area contributed by atoms with Crippen LogP contribution in [0.3, 0.4) is 0 Å². The Bertz CT molecular complexity index is 164. The first-order valence-corrected chi connectivity index (χ1v) is 4.11. The van der Waals surface area contributed by atoms with Gasteiger partial charge in [-0.05, 0) is 0 Å². The average molecular weight is 170 g/mol. The van der Waals surface area contributed by atoms with E-state index in [1.807, 2.05) is 0 Å². The number of hydrogen-bond donors (Lipinski definition) is 3. The van der Waals surface area contributed by atoms with Gasteiger partial charge in [-0.25, -0.2) is 5.26 Å². The summed E-state index contributed by atoms with van der Waals surface area (Å²) in [4.78, 5) is 18.2. The van der Waals surface area contributed by atoms with Crippen molar-refractivity contribution in [3.63, 3.8) is 0 Å². The first-order chi connectivity index (χ1) is 4.48. The molecular formula is C3H7O6P. The molecule has 0 saturated carbocycles. The standard InChI is InChI=1S/C3H7O6P/c4-3(5)1-2-10(7,8)9-6/h6H,1-2H2,(H,4,5)(H,7,8). The Kier molecular flexibility index (Phi) is 3.52. The minimum Gasteiger partial charge on any atom is -0.481 e. The molecule has 10 heavy (non-hydrogen) atoms. The fraction of sp³-hybridized carbons (Fsp3) is 0.667. The van der Waals surface area contributed by atoms with Crippen LogP contribution >= 0.6 is 7.60 Å². The summed E-state index contributed by atoms with van der Waals surface area (Å²) in [6.45, 7) is 0. The lowest BCUT2D eigenvalue weighted by molar-refractivity contribution is -0.147. The predicted molar refractivity (Wildman–Crippen MR) is 30.7 cm³/mol. The highest BCUT2D eigenvalue weighted by Crippen LogP contribution is 2.40. The minimum absolute atomic E-state index is 0.506. The summed E-state index contributed by atoms with van der Waals surface area (Å²) < 4.78 is 13.4. The summed E-state index contributed by atoms with van der Waals surface area (Å²) in [7, 11) is -4.05. The molecule has 0 aliphatic carbocycles. The molecule has 0 amide bonds. The van der Waals surface area contributed by atoms with Crippen LogP contribution in [0.4, 0.5) is 0 Å². The van der Waals surface area contributed by atoms with E-state index in [0.717, 1.165) is 0 Å². The molecule has 0 aliphatic rings. The molecular weight excluding hydrogens is 163 g/mol. The Labute approximate surface area is 56.5 Å². The zero-order valence-electron chi connectivity index (χ0n) is 4.93. The third-order valence-corrected chi connectivity index (χ3v) is 1.78. The largest absolute Gasteiger partial charge is 0.481 e. The number of carboxylic acids is 1. The van der Waals surface area contributed by atoms with Gasteiger partial charge in [0.2, 0.25) is 0 Å². The van der Waals surface area contributed by atoms with Gasteiger partial charge in [0.15, 0.2) is 0 Å². The average Bonchev–Trinajstić information content (AvgIpc) is 1.85. The lowest BCUT2D eigenvalue weighted by Gasteiger charge is -2.02. The molecule has 6 nitrogen and oxygen atoms in total. The third-order valence-electron chi connectivity index (χ3n) is 0.736. The zero-order valence-corrected chi connectivity index (χ0v) is 5.82.